The number of aromatic nitrogens is 2. The Balaban J connectivity index is 2.06. The Labute approximate surface area is 115 Å². The molecule has 2 atom stereocenters. The van der Waals surface area contributed by atoms with E-state index in [0.717, 1.165) is 5.56 Å². The highest BCUT2D eigenvalue weighted by Crippen LogP contribution is 2.29. The number of nitrogens with one attached hydrogen (secondary N) is 1. The number of hydrogen-bond donors (Lipinski definition) is 2. The number of hydrogen-bond acceptors (Lipinski definition) is 4. The van der Waals surface area contributed by atoms with Crippen LogP contribution in [0.2, 0.25) is 0 Å². The van der Waals surface area contributed by atoms with Gasteiger partial charge in [0, 0.05) is 24.6 Å². The number of carboxylic acids is 1. The minimum Gasteiger partial charge on any atom is -0.480 e. The third-order valence-corrected chi connectivity index (χ3v) is 4.25. The van der Waals surface area contributed by atoms with E-state index in [-0.39, 0.29) is 11.4 Å². The molecule has 19 heavy (non-hydrogen) atoms. The normalized spacial score (nSPS) is 22.5. The highest BCUT2D eigenvalue weighted by atomic mass is 32.2. The number of aliphatic carboxylic acids is 1. The highest BCUT2D eigenvalue weighted by molar-refractivity contribution is 8.00. The molecule has 1 fully saturated rings. The van der Waals surface area contributed by atoms with Crippen molar-refractivity contribution in [3.8, 4) is 0 Å². The summed E-state index contributed by atoms with van der Waals surface area (Å²) in [6.07, 6.45) is 3.35. The van der Waals surface area contributed by atoms with Crippen molar-refractivity contribution in [1.82, 2.24) is 20.0 Å². The lowest BCUT2D eigenvalue weighted by Gasteiger charge is -2.29. The fourth-order valence-corrected chi connectivity index (χ4v) is 3.19. The molecule has 0 saturated carbocycles. The molecule has 1 aromatic rings. The van der Waals surface area contributed by atoms with Crippen LogP contribution in [0.4, 0.5) is 4.79 Å². The lowest BCUT2D eigenvalue weighted by atomic mass is 10.3. The Morgan fingerprint density at radius 1 is 1.68 bits per heavy atom. The van der Waals surface area contributed by atoms with Crippen LogP contribution in [0, 0.1) is 0 Å². The number of amides is 2. The lowest BCUT2D eigenvalue weighted by Crippen LogP contribution is -2.49. The molecule has 2 amide bonds. The number of carbonyl (C=O) groups is 2. The monoisotopic (exact) mass is 284 g/mol. The van der Waals surface area contributed by atoms with Crippen LogP contribution in [0.15, 0.2) is 12.4 Å². The second-order valence-corrected chi connectivity index (χ2v) is 5.79. The Morgan fingerprint density at radius 2 is 2.42 bits per heavy atom. The van der Waals surface area contributed by atoms with E-state index >= 15 is 0 Å². The first-order valence-electron chi connectivity index (χ1n) is 5.86. The number of carbonyl (C=O) groups excluding carboxylic acids is 1. The number of thioether (sulfide) groups is 1. The van der Waals surface area contributed by atoms with Gasteiger partial charge in [-0.15, -0.1) is 11.8 Å². The number of urea groups is 1. The van der Waals surface area contributed by atoms with Gasteiger partial charge in [-0.2, -0.15) is 5.10 Å². The van der Waals surface area contributed by atoms with Gasteiger partial charge in [0.2, 0.25) is 0 Å². The molecule has 0 aliphatic carbocycles. The van der Waals surface area contributed by atoms with Crippen LogP contribution in [0.3, 0.4) is 0 Å². The van der Waals surface area contributed by atoms with E-state index in [9.17, 15) is 9.59 Å². The molecule has 0 aromatic carbocycles. The van der Waals surface area contributed by atoms with Gasteiger partial charge in [0.05, 0.1) is 18.1 Å². The molecule has 0 spiro atoms. The van der Waals surface area contributed by atoms with Crippen LogP contribution in [-0.4, -0.2) is 61.3 Å². The van der Waals surface area contributed by atoms with Crippen LogP contribution < -0.4 is 0 Å². The van der Waals surface area contributed by atoms with Gasteiger partial charge in [0.25, 0.3) is 0 Å². The topological polar surface area (TPSA) is 89.5 Å². The standard InChI is InChI=1S/C11H16N4O3S/c1-7-15(9(6-19-7)10(16)17)11(18)14(2)5-8-3-12-13-4-8/h3-4,7,9H,5-6H2,1-2H3,(H,12,13)(H,16,17). The van der Waals surface area contributed by atoms with Gasteiger partial charge in [0.1, 0.15) is 6.04 Å². The molecule has 2 rings (SSSR count). The van der Waals surface area contributed by atoms with Crippen molar-refractivity contribution in [2.45, 2.75) is 24.9 Å². The van der Waals surface area contributed by atoms with Gasteiger partial charge in [-0.1, -0.05) is 0 Å². The summed E-state index contributed by atoms with van der Waals surface area (Å²) in [7, 11) is 1.66. The summed E-state index contributed by atoms with van der Waals surface area (Å²) < 4.78 is 0. The zero-order chi connectivity index (χ0) is 14.0. The highest BCUT2D eigenvalue weighted by Gasteiger charge is 2.40. The predicted molar refractivity (Wildman–Crippen MR) is 70.6 cm³/mol. The van der Waals surface area contributed by atoms with Crippen molar-refractivity contribution in [1.29, 1.82) is 0 Å². The average molecular weight is 284 g/mol. The van der Waals surface area contributed by atoms with Gasteiger partial charge in [-0.05, 0) is 6.92 Å². The zero-order valence-electron chi connectivity index (χ0n) is 10.7. The summed E-state index contributed by atoms with van der Waals surface area (Å²) in [5.41, 5.74) is 0.877. The number of nitrogens with zero attached hydrogens (tertiary/aromatic N) is 3. The lowest BCUT2D eigenvalue weighted by molar-refractivity contribution is -0.141. The summed E-state index contributed by atoms with van der Waals surface area (Å²) in [5, 5.41) is 15.5. The van der Waals surface area contributed by atoms with Crippen LogP contribution >= 0.6 is 11.8 Å². The molecule has 7 nitrogen and oxygen atoms in total. The van der Waals surface area contributed by atoms with Crippen molar-refractivity contribution >= 4 is 23.8 Å². The summed E-state index contributed by atoms with van der Waals surface area (Å²) in [5.74, 6) is -0.524. The number of rotatable bonds is 3. The third kappa shape index (κ3) is 2.83. The summed E-state index contributed by atoms with van der Waals surface area (Å²) in [4.78, 5) is 26.4. The Morgan fingerprint density at radius 3 is 3.00 bits per heavy atom. The van der Waals surface area contributed by atoms with Gasteiger partial charge in [-0.25, -0.2) is 9.59 Å². The maximum Gasteiger partial charge on any atom is 0.327 e. The average Bonchev–Trinajstić information content (AvgIpc) is 2.97. The molecule has 1 saturated heterocycles. The maximum atomic E-state index is 12.3. The molecule has 2 N–H and O–H groups in total. The molecule has 104 valence electrons. The first-order chi connectivity index (χ1) is 9.00. The second-order valence-electron chi connectivity index (χ2n) is 4.44. The van der Waals surface area contributed by atoms with Crippen LogP contribution in [-0.2, 0) is 11.3 Å². The molecule has 8 heteroatoms. The van der Waals surface area contributed by atoms with Crippen molar-refractivity contribution in [2.24, 2.45) is 0 Å². The van der Waals surface area contributed by atoms with Crippen LogP contribution in [0.25, 0.3) is 0 Å². The number of carboxylic acid groups (broad SMARTS) is 1. The Kier molecular flexibility index (Phi) is 3.98. The van der Waals surface area contributed by atoms with Crippen molar-refractivity contribution < 1.29 is 14.7 Å². The molecule has 1 aromatic heterocycles. The minimum atomic E-state index is -0.957. The molecule has 1 aliphatic heterocycles. The smallest absolute Gasteiger partial charge is 0.327 e. The molecular formula is C11H16N4O3S. The molecule has 1 aliphatic rings. The fourth-order valence-electron chi connectivity index (χ4n) is 2.03. The maximum absolute atomic E-state index is 12.3. The van der Waals surface area contributed by atoms with E-state index in [2.05, 4.69) is 10.2 Å². The summed E-state index contributed by atoms with van der Waals surface area (Å²) >= 11 is 1.47. The first-order valence-corrected chi connectivity index (χ1v) is 6.91. The van der Waals surface area contributed by atoms with Gasteiger partial charge >= 0.3 is 12.0 Å². The predicted octanol–water partition coefficient (Wildman–Crippen LogP) is 0.809. The van der Waals surface area contributed by atoms with E-state index in [4.69, 9.17) is 5.11 Å². The van der Waals surface area contributed by atoms with E-state index in [1.807, 2.05) is 6.92 Å². The van der Waals surface area contributed by atoms with Crippen LogP contribution in [0.5, 0.6) is 0 Å². The second kappa shape index (κ2) is 5.52. The fraction of sp³-hybridized carbons (Fsp3) is 0.545. The zero-order valence-corrected chi connectivity index (χ0v) is 11.6. The first kappa shape index (κ1) is 13.7. The number of aromatic amines is 1. The summed E-state index contributed by atoms with van der Waals surface area (Å²) in [6.45, 7) is 2.24. The molecule has 2 heterocycles. The largest absolute Gasteiger partial charge is 0.480 e. The quantitative estimate of drug-likeness (QED) is 0.857. The van der Waals surface area contributed by atoms with Crippen molar-refractivity contribution in [3.63, 3.8) is 0 Å². The Bertz CT molecular complexity index is 465. The molecule has 0 radical (unpaired) electrons. The molecule has 2 unspecified atom stereocenters. The van der Waals surface area contributed by atoms with Crippen LogP contribution in [0.1, 0.15) is 12.5 Å². The van der Waals surface area contributed by atoms with Gasteiger partial charge < -0.3 is 10.0 Å². The van der Waals surface area contributed by atoms with Crippen molar-refractivity contribution in [2.75, 3.05) is 12.8 Å². The molecular weight excluding hydrogens is 268 g/mol. The molecule has 0 bridgehead atoms. The van der Waals surface area contributed by atoms with Gasteiger partial charge in [-0.3, -0.25) is 10.00 Å². The minimum absolute atomic E-state index is 0.125. The number of H-pyrrole nitrogens is 1. The third-order valence-electron chi connectivity index (χ3n) is 3.03. The van der Waals surface area contributed by atoms with E-state index < -0.39 is 12.0 Å². The van der Waals surface area contributed by atoms with E-state index in [0.29, 0.717) is 12.3 Å². The van der Waals surface area contributed by atoms with E-state index in [1.165, 1.54) is 21.6 Å². The van der Waals surface area contributed by atoms with Gasteiger partial charge in [0.15, 0.2) is 0 Å². The van der Waals surface area contributed by atoms with E-state index in [1.54, 1.807) is 19.4 Å². The van der Waals surface area contributed by atoms with Crippen molar-refractivity contribution in [3.05, 3.63) is 18.0 Å². The Hall–Kier alpha value is -1.70. The summed E-state index contributed by atoms with van der Waals surface area (Å²) in [6, 6.07) is -1.02. The SMILES string of the molecule is CC1SCC(C(=O)O)N1C(=O)N(C)Cc1cn[nH]c1.